The summed E-state index contributed by atoms with van der Waals surface area (Å²) in [7, 11) is 0. The Morgan fingerprint density at radius 1 is 1.30 bits per heavy atom. The Morgan fingerprint density at radius 3 is 3.00 bits per heavy atom. The standard InChI is InChI=1S/C18H28N2/c1-3-18(2)14-20(13-7-12-19-18)17-11-6-9-15-8-4-5-10-16(15)17/h4-5,8,10,17,19H,3,6-7,9,11-14H2,1-2H3. The van der Waals surface area contributed by atoms with Crippen LogP contribution < -0.4 is 5.32 Å². The molecule has 2 nitrogen and oxygen atoms in total. The van der Waals surface area contributed by atoms with Crippen molar-refractivity contribution in [1.82, 2.24) is 10.2 Å². The highest BCUT2D eigenvalue weighted by Gasteiger charge is 2.32. The zero-order valence-corrected chi connectivity index (χ0v) is 13.0. The van der Waals surface area contributed by atoms with Crippen LogP contribution >= 0.6 is 0 Å². The fourth-order valence-electron chi connectivity index (χ4n) is 3.87. The van der Waals surface area contributed by atoms with E-state index >= 15 is 0 Å². The summed E-state index contributed by atoms with van der Waals surface area (Å²) >= 11 is 0. The molecule has 1 N–H and O–H groups in total. The van der Waals surface area contributed by atoms with Gasteiger partial charge >= 0.3 is 0 Å². The zero-order valence-electron chi connectivity index (χ0n) is 13.0. The van der Waals surface area contributed by atoms with Crippen LogP contribution in [0.3, 0.4) is 0 Å². The molecule has 0 radical (unpaired) electrons. The SMILES string of the molecule is CCC1(C)CN(C2CCCc3ccccc32)CCCN1. The van der Waals surface area contributed by atoms with Crippen molar-refractivity contribution in [1.29, 1.82) is 0 Å². The van der Waals surface area contributed by atoms with Crippen molar-refractivity contribution in [2.75, 3.05) is 19.6 Å². The van der Waals surface area contributed by atoms with Gasteiger partial charge in [-0.25, -0.2) is 0 Å². The number of benzene rings is 1. The Bertz CT molecular complexity index is 456. The van der Waals surface area contributed by atoms with Crippen LogP contribution in [0, 0.1) is 0 Å². The minimum atomic E-state index is 0.281. The minimum Gasteiger partial charge on any atom is -0.310 e. The first-order valence-electron chi connectivity index (χ1n) is 8.29. The van der Waals surface area contributed by atoms with E-state index in [1.165, 1.54) is 45.2 Å². The average Bonchev–Trinajstić information content (AvgIpc) is 2.69. The quantitative estimate of drug-likeness (QED) is 0.886. The highest BCUT2D eigenvalue weighted by atomic mass is 15.2. The van der Waals surface area contributed by atoms with Crippen molar-refractivity contribution < 1.29 is 0 Å². The molecular formula is C18H28N2. The van der Waals surface area contributed by atoms with Gasteiger partial charge in [0.1, 0.15) is 0 Å². The van der Waals surface area contributed by atoms with Crippen LogP contribution in [-0.2, 0) is 6.42 Å². The summed E-state index contributed by atoms with van der Waals surface area (Å²) in [6.45, 7) is 8.28. The monoisotopic (exact) mass is 272 g/mol. The molecule has 1 aliphatic heterocycles. The number of rotatable bonds is 2. The fraction of sp³-hybridized carbons (Fsp3) is 0.667. The summed E-state index contributed by atoms with van der Waals surface area (Å²) in [6.07, 6.45) is 6.42. The van der Waals surface area contributed by atoms with Gasteiger partial charge in [0, 0.05) is 24.7 Å². The molecule has 1 fully saturated rings. The molecule has 1 aromatic carbocycles. The van der Waals surface area contributed by atoms with Gasteiger partial charge in [-0.2, -0.15) is 0 Å². The van der Waals surface area contributed by atoms with E-state index in [1.54, 1.807) is 11.1 Å². The predicted octanol–water partition coefficient (Wildman–Crippen LogP) is 3.53. The normalized spacial score (nSPS) is 31.6. The lowest BCUT2D eigenvalue weighted by molar-refractivity contribution is 0.146. The van der Waals surface area contributed by atoms with E-state index in [0.29, 0.717) is 6.04 Å². The van der Waals surface area contributed by atoms with Crippen molar-refractivity contribution in [2.45, 2.75) is 57.5 Å². The summed E-state index contributed by atoms with van der Waals surface area (Å²) in [6, 6.07) is 9.75. The summed E-state index contributed by atoms with van der Waals surface area (Å²) in [5, 5.41) is 3.76. The summed E-state index contributed by atoms with van der Waals surface area (Å²) in [4.78, 5) is 2.75. The number of nitrogens with zero attached hydrogens (tertiary/aromatic N) is 1. The molecule has 2 unspecified atom stereocenters. The molecule has 2 atom stereocenters. The molecule has 2 aliphatic rings. The van der Waals surface area contributed by atoms with Crippen molar-refractivity contribution in [2.24, 2.45) is 0 Å². The molecule has 1 saturated heterocycles. The largest absolute Gasteiger partial charge is 0.310 e. The topological polar surface area (TPSA) is 15.3 Å². The van der Waals surface area contributed by atoms with Gasteiger partial charge in [0.15, 0.2) is 0 Å². The molecule has 0 aromatic heterocycles. The highest BCUT2D eigenvalue weighted by Crippen LogP contribution is 2.35. The van der Waals surface area contributed by atoms with E-state index < -0.39 is 0 Å². The van der Waals surface area contributed by atoms with Crippen molar-refractivity contribution in [3.63, 3.8) is 0 Å². The Kier molecular flexibility index (Phi) is 4.13. The number of nitrogens with one attached hydrogen (secondary N) is 1. The number of aryl methyl sites for hydroxylation is 1. The Balaban J connectivity index is 1.85. The molecule has 0 amide bonds. The van der Waals surface area contributed by atoms with Gasteiger partial charge in [0.25, 0.3) is 0 Å². The molecule has 2 heteroatoms. The molecule has 1 aromatic rings. The van der Waals surface area contributed by atoms with E-state index in [2.05, 4.69) is 48.3 Å². The van der Waals surface area contributed by atoms with Crippen LogP contribution in [0.25, 0.3) is 0 Å². The lowest BCUT2D eigenvalue weighted by atomic mass is 9.86. The van der Waals surface area contributed by atoms with Crippen molar-refractivity contribution in [3.05, 3.63) is 35.4 Å². The molecule has 3 rings (SSSR count). The number of hydrogen-bond acceptors (Lipinski definition) is 2. The molecule has 1 heterocycles. The van der Waals surface area contributed by atoms with E-state index in [9.17, 15) is 0 Å². The second-order valence-corrected chi connectivity index (χ2v) is 6.77. The first kappa shape index (κ1) is 14.1. The third kappa shape index (κ3) is 2.77. The maximum atomic E-state index is 3.76. The molecule has 0 saturated carbocycles. The highest BCUT2D eigenvalue weighted by molar-refractivity contribution is 5.32. The van der Waals surface area contributed by atoms with Crippen LogP contribution in [0.15, 0.2) is 24.3 Å². The summed E-state index contributed by atoms with van der Waals surface area (Å²) < 4.78 is 0. The first-order valence-corrected chi connectivity index (χ1v) is 8.29. The second kappa shape index (κ2) is 5.87. The lowest BCUT2D eigenvalue weighted by Crippen LogP contribution is -2.49. The zero-order chi connectivity index (χ0) is 14.0. The Morgan fingerprint density at radius 2 is 2.15 bits per heavy atom. The predicted molar refractivity (Wildman–Crippen MR) is 85.0 cm³/mol. The van der Waals surface area contributed by atoms with Gasteiger partial charge in [-0.1, -0.05) is 31.2 Å². The van der Waals surface area contributed by atoms with Crippen LogP contribution in [0.2, 0.25) is 0 Å². The van der Waals surface area contributed by atoms with Gasteiger partial charge in [-0.15, -0.1) is 0 Å². The molecule has 1 aliphatic carbocycles. The van der Waals surface area contributed by atoms with Gasteiger partial charge in [-0.3, -0.25) is 4.90 Å². The van der Waals surface area contributed by atoms with Crippen molar-refractivity contribution >= 4 is 0 Å². The third-order valence-electron chi connectivity index (χ3n) is 5.28. The van der Waals surface area contributed by atoms with E-state index in [1.807, 2.05) is 0 Å². The maximum Gasteiger partial charge on any atom is 0.0351 e. The van der Waals surface area contributed by atoms with Crippen LogP contribution in [0.1, 0.15) is 56.7 Å². The van der Waals surface area contributed by atoms with E-state index in [4.69, 9.17) is 0 Å². The third-order valence-corrected chi connectivity index (χ3v) is 5.28. The Hall–Kier alpha value is -0.860. The van der Waals surface area contributed by atoms with Crippen molar-refractivity contribution in [3.8, 4) is 0 Å². The fourth-order valence-corrected chi connectivity index (χ4v) is 3.87. The molecular weight excluding hydrogens is 244 g/mol. The number of hydrogen-bond donors (Lipinski definition) is 1. The lowest BCUT2D eigenvalue weighted by Gasteiger charge is -2.39. The smallest absolute Gasteiger partial charge is 0.0351 e. The second-order valence-electron chi connectivity index (χ2n) is 6.77. The summed E-state index contributed by atoms with van der Waals surface area (Å²) in [5.41, 5.74) is 3.46. The Labute approximate surface area is 123 Å². The molecule has 0 bridgehead atoms. The molecule has 0 spiro atoms. The average molecular weight is 272 g/mol. The van der Waals surface area contributed by atoms with Crippen LogP contribution in [0.5, 0.6) is 0 Å². The van der Waals surface area contributed by atoms with Gasteiger partial charge in [-0.05, 0) is 56.7 Å². The molecule has 20 heavy (non-hydrogen) atoms. The van der Waals surface area contributed by atoms with E-state index in [-0.39, 0.29) is 5.54 Å². The minimum absolute atomic E-state index is 0.281. The van der Waals surface area contributed by atoms with Crippen LogP contribution in [-0.4, -0.2) is 30.1 Å². The van der Waals surface area contributed by atoms with E-state index in [0.717, 1.165) is 6.54 Å². The first-order chi connectivity index (χ1) is 9.72. The summed E-state index contributed by atoms with van der Waals surface area (Å²) in [5.74, 6) is 0. The van der Waals surface area contributed by atoms with Gasteiger partial charge in [0.2, 0.25) is 0 Å². The van der Waals surface area contributed by atoms with Crippen LogP contribution in [0.4, 0.5) is 0 Å². The molecule has 110 valence electrons. The van der Waals surface area contributed by atoms with Gasteiger partial charge in [0.05, 0.1) is 0 Å². The number of fused-ring (bicyclic) bond motifs is 1. The van der Waals surface area contributed by atoms with Gasteiger partial charge < -0.3 is 5.32 Å². The maximum absolute atomic E-state index is 3.76.